The van der Waals surface area contributed by atoms with Crippen LogP contribution in [0.1, 0.15) is 5.56 Å². The summed E-state index contributed by atoms with van der Waals surface area (Å²) in [5, 5.41) is 0.164. The SMILES string of the molecule is Fc1c(F)c(F)c(B(/C(=C/P(c2ccccc2)c2ccccc2)c2c(F)c(F)c(F)c(F)c2F)c2c(F)c(F)c(F)c(F)c2F)c(F)c1F. The predicted molar refractivity (Wildman–Crippen MR) is 151 cm³/mol. The van der Waals surface area contributed by atoms with Gasteiger partial charge >= 0.3 is 0 Å². The molecule has 49 heavy (non-hydrogen) atoms. The highest BCUT2D eigenvalue weighted by Crippen LogP contribution is 2.42. The molecule has 0 amide bonds. The monoisotopic (exact) mass is 722 g/mol. The lowest BCUT2D eigenvalue weighted by Crippen LogP contribution is -2.52. The van der Waals surface area contributed by atoms with Crippen molar-refractivity contribution >= 4 is 41.6 Å². The maximum absolute atomic E-state index is 15.6. The Balaban J connectivity index is 2.10. The molecule has 0 fully saturated rings. The van der Waals surface area contributed by atoms with E-state index in [0.29, 0.717) is 5.82 Å². The normalized spacial score (nSPS) is 11.9. The minimum absolute atomic E-state index is 0.0821. The van der Waals surface area contributed by atoms with Gasteiger partial charge in [-0.1, -0.05) is 72.0 Å². The van der Waals surface area contributed by atoms with Crippen molar-refractivity contribution in [2.45, 2.75) is 0 Å². The first kappa shape index (κ1) is 35.6. The Labute approximate surface area is 267 Å². The van der Waals surface area contributed by atoms with Crippen molar-refractivity contribution in [3.63, 3.8) is 0 Å². The fourth-order valence-corrected chi connectivity index (χ4v) is 7.10. The third-order valence-electron chi connectivity index (χ3n) is 7.21. The highest BCUT2D eigenvalue weighted by Gasteiger charge is 2.44. The second-order valence-electron chi connectivity index (χ2n) is 9.97. The Kier molecular flexibility index (Phi) is 9.92. The van der Waals surface area contributed by atoms with E-state index < -0.39 is 124 Å². The summed E-state index contributed by atoms with van der Waals surface area (Å²) in [4.78, 5) is 0. The molecule has 0 aliphatic heterocycles. The van der Waals surface area contributed by atoms with Gasteiger partial charge in [0.05, 0.1) is 0 Å². The van der Waals surface area contributed by atoms with Gasteiger partial charge in [0.2, 0.25) is 5.82 Å². The molecule has 0 unspecified atom stereocenters. The van der Waals surface area contributed by atoms with Gasteiger partial charge in [-0.2, -0.15) is 0 Å². The number of halogens is 15. The van der Waals surface area contributed by atoms with Crippen LogP contribution in [-0.2, 0) is 0 Å². The predicted octanol–water partition coefficient (Wildman–Crippen LogP) is 8.10. The Bertz CT molecular complexity index is 1940. The minimum atomic E-state index is -3.67. The van der Waals surface area contributed by atoms with E-state index in [1.807, 2.05) is 0 Å². The van der Waals surface area contributed by atoms with Crippen molar-refractivity contribution in [2.24, 2.45) is 0 Å². The molecule has 0 spiro atoms. The molecule has 0 aromatic heterocycles. The van der Waals surface area contributed by atoms with Gasteiger partial charge in [-0.05, 0) is 18.5 Å². The van der Waals surface area contributed by atoms with E-state index in [4.69, 9.17) is 0 Å². The fourth-order valence-electron chi connectivity index (χ4n) is 4.96. The average Bonchev–Trinajstić information content (AvgIpc) is 3.11. The molecule has 0 bridgehead atoms. The summed E-state index contributed by atoms with van der Waals surface area (Å²) in [5.41, 5.74) is -8.97. The third kappa shape index (κ3) is 5.96. The van der Waals surface area contributed by atoms with Crippen molar-refractivity contribution in [1.82, 2.24) is 0 Å². The molecule has 252 valence electrons. The molecule has 5 aromatic carbocycles. The maximum Gasteiger partial charge on any atom is 0.258 e. The smallest absolute Gasteiger partial charge is 0.204 e. The van der Waals surface area contributed by atoms with Crippen molar-refractivity contribution in [3.05, 3.63) is 159 Å². The summed E-state index contributed by atoms with van der Waals surface area (Å²) >= 11 is 0. The highest BCUT2D eigenvalue weighted by atomic mass is 31.1. The summed E-state index contributed by atoms with van der Waals surface area (Å²) in [7, 11) is -2.51. The first-order valence-corrected chi connectivity index (χ1v) is 14.7. The van der Waals surface area contributed by atoms with E-state index in [-0.39, 0.29) is 10.6 Å². The molecule has 0 atom stereocenters. The van der Waals surface area contributed by atoms with Gasteiger partial charge in [0, 0.05) is 16.5 Å². The van der Waals surface area contributed by atoms with Gasteiger partial charge in [-0.15, -0.1) is 0 Å². The van der Waals surface area contributed by atoms with Gasteiger partial charge in [0.1, 0.15) is 0 Å². The molecular weight excluding hydrogens is 711 g/mol. The Morgan fingerprint density at radius 2 is 0.633 bits per heavy atom. The maximum atomic E-state index is 15.6. The second kappa shape index (κ2) is 13.7. The van der Waals surface area contributed by atoms with Crippen molar-refractivity contribution in [1.29, 1.82) is 0 Å². The highest BCUT2D eigenvalue weighted by molar-refractivity contribution is 7.76. The first-order valence-electron chi connectivity index (χ1n) is 13.3. The summed E-state index contributed by atoms with van der Waals surface area (Å²) < 4.78 is 224. The van der Waals surface area contributed by atoms with Crippen LogP contribution < -0.4 is 21.5 Å². The zero-order chi connectivity index (χ0) is 36.1. The van der Waals surface area contributed by atoms with Crippen LogP contribution in [0.5, 0.6) is 0 Å². The molecule has 0 saturated carbocycles. The Hall–Kier alpha value is -4.72. The molecule has 5 rings (SSSR count). The number of hydrogen-bond acceptors (Lipinski definition) is 0. The van der Waals surface area contributed by atoms with Gasteiger partial charge in [-0.25, -0.2) is 65.9 Å². The number of benzene rings is 5. The summed E-state index contributed by atoms with van der Waals surface area (Å²) in [6.45, 7) is -3.67. The molecule has 0 radical (unpaired) electrons. The Morgan fingerprint density at radius 3 is 0.939 bits per heavy atom. The topological polar surface area (TPSA) is 0 Å². The quantitative estimate of drug-likeness (QED) is 0.0524. The number of hydrogen-bond donors (Lipinski definition) is 0. The van der Waals surface area contributed by atoms with Gasteiger partial charge in [-0.3, -0.25) is 0 Å². The van der Waals surface area contributed by atoms with Gasteiger partial charge in [0.25, 0.3) is 6.71 Å². The fraction of sp³-hybridized carbons (Fsp3) is 0. The standard InChI is InChI=1S/C32H11BF15P/c34-18-15(19(35)25(41)30(46)24(18)40)14(11-49(12-7-3-1-4-8-12)13-9-5-2-6-10-13)33(16-20(36)26(42)31(47)27(43)21(16)37)17-22(38)28(44)32(48)29(45)23(17)39/h1-11H/b14-11+. The van der Waals surface area contributed by atoms with Crippen LogP contribution in [-0.4, -0.2) is 6.71 Å². The van der Waals surface area contributed by atoms with E-state index in [1.165, 1.54) is 60.7 Å². The van der Waals surface area contributed by atoms with Crippen LogP contribution in [0, 0.1) is 87.3 Å². The molecular formula is C32H11BF15P. The lowest BCUT2D eigenvalue weighted by atomic mass is 9.35. The lowest BCUT2D eigenvalue weighted by Gasteiger charge is -2.25. The van der Waals surface area contributed by atoms with E-state index in [2.05, 4.69) is 0 Å². The molecule has 0 saturated heterocycles. The second-order valence-corrected chi connectivity index (χ2v) is 12.0. The molecule has 0 N–H and O–H groups in total. The van der Waals surface area contributed by atoms with Crippen LogP contribution in [0.2, 0.25) is 0 Å². The molecule has 5 aromatic rings. The summed E-state index contributed by atoms with van der Waals surface area (Å²) in [6, 6.07) is 13.6. The average molecular weight is 722 g/mol. The first-order chi connectivity index (χ1) is 23.1. The van der Waals surface area contributed by atoms with Crippen molar-refractivity contribution in [2.75, 3.05) is 0 Å². The lowest BCUT2D eigenvalue weighted by molar-refractivity contribution is 0.376. The van der Waals surface area contributed by atoms with E-state index in [9.17, 15) is 39.5 Å². The van der Waals surface area contributed by atoms with Crippen LogP contribution in [0.4, 0.5) is 65.9 Å². The Morgan fingerprint density at radius 1 is 0.367 bits per heavy atom. The molecule has 0 nitrogen and oxygen atoms in total. The number of rotatable bonds is 7. The van der Waals surface area contributed by atoms with Crippen molar-refractivity contribution < 1.29 is 65.9 Å². The van der Waals surface area contributed by atoms with E-state index in [0.717, 1.165) is 0 Å². The zero-order valence-electron chi connectivity index (χ0n) is 23.5. The van der Waals surface area contributed by atoms with Gasteiger partial charge in [0.15, 0.2) is 81.4 Å². The molecule has 0 heterocycles. The van der Waals surface area contributed by atoms with Crippen LogP contribution in [0.15, 0.2) is 66.5 Å². The minimum Gasteiger partial charge on any atom is -0.204 e. The van der Waals surface area contributed by atoms with Crippen LogP contribution in [0.25, 0.3) is 5.47 Å². The van der Waals surface area contributed by atoms with Crippen molar-refractivity contribution in [3.8, 4) is 0 Å². The van der Waals surface area contributed by atoms with Crippen LogP contribution in [0.3, 0.4) is 0 Å². The summed E-state index contributed by atoms with van der Waals surface area (Å²) in [6.07, 6.45) is 0. The van der Waals surface area contributed by atoms with E-state index >= 15 is 26.3 Å². The third-order valence-corrected chi connectivity index (χ3v) is 9.46. The summed E-state index contributed by atoms with van der Waals surface area (Å²) in [5.74, 6) is -42.7. The van der Waals surface area contributed by atoms with Crippen LogP contribution >= 0.6 is 7.92 Å². The zero-order valence-corrected chi connectivity index (χ0v) is 24.4. The van der Waals surface area contributed by atoms with Gasteiger partial charge < -0.3 is 0 Å². The molecule has 0 aliphatic rings. The molecule has 0 aliphatic carbocycles. The largest absolute Gasteiger partial charge is 0.258 e. The van der Waals surface area contributed by atoms with E-state index in [1.54, 1.807) is 0 Å². The molecule has 17 heteroatoms.